The SMILES string of the molecule is N#Cc1ccc(NC2CCC(NC(=O)c3ccnc4[nH]ccc34)CC2)cc1C(F)(F)F. The van der Waals surface area contributed by atoms with Crippen LogP contribution < -0.4 is 10.6 Å². The molecule has 1 aliphatic rings. The maximum absolute atomic E-state index is 13.2. The minimum atomic E-state index is -4.58. The van der Waals surface area contributed by atoms with Gasteiger partial charge >= 0.3 is 6.18 Å². The van der Waals surface area contributed by atoms with Crippen LogP contribution in [0.5, 0.6) is 0 Å². The van der Waals surface area contributed by atoms with Crippen LogP contribution in [0.25, 0.3) is 11.0 Å². The van der Waals surface area contributed by atoms with Gasteiger partial charge in [0.05, 0.1) is 22.8 Å². The fourth-order valence-corrected chi connectivity index (χ4v) is 4.01. The highest BCUT2D eigenvalue weighted by molar-refractivity contribution is 6.05. The summed E-state index contributed by atoms with van der Waals surface area (Å²) in [6, 6.07) is 8.74. The second kappa shape index (κ2) is 8.30. The minimum absolute atomic E-state index is 0.000484. The molecule has 0 bridgehead atoms. The lowest BCUT2D eigenvalue weighted by atomic mass is 9.90. The van der Waals surface area contributed by atoms with Gasteiger partial charge in [-0.15, -0.1) is 0 Å². The van der Waals surface area contributed by atoms with Crippen molar-refractivity contribution in [1.29, 1.82) is 5.26 Å². The zero-order chi connectivity index (χ0) is 22.0. The number of hydrogen-bond acceptors (Lipinski definition) is 4. The molecule has 1 aliphatic carbocycles. The first kappa shape index (κ1) is 20.7. The molecule has 2 heterocycles. The molecule has 9 heteroatoms. The molecule has 0 atom stereocenters. The number of aromatic nitrogens is 2. The number of carbonyl (C=O) groups excluding carboxylic acids is 1. The van der Waals surface area contributed by atoms with E-state index in [9.17, 15) is 18.0 Å². The number of H-pyrrole nitrogens is 1. The summed E-state index contributed by atoms with van der Waals surface area (Å²) < 4.78 is 39.5. The maximum atomic E-state index is 13.2. The topological polar surface area (TPSA) is 93.6 Å². The summed E-state index contributed by atoms with van der Waals surface area (Å²) in [5.74, 6) is -0.162. The number of anilines is 1. The molecule has 0 radical (unpaired) electrons. The molecule has 4 rings (SSSR count). The summed E-state index contributed by atoms with van der Waals surface area (Å²) in [6.45, 7) is 0. The molecule has 0 spiro atoms. The molecule has 1 amide bonds. The monoisotopic (exact) mass is 427 g/mol. The van der Waals surface area contributed by atoms with Gasteiger partial charge < -0.3 is 15.6 Å². The normalized spacial score (nSPS) is 19.0. The summed E-state index contributed by atoms with van der Waals surface area (Å²) in [5.41, 5.74) is 0.224. The number of fused-ring (bicyclic) bond motifs is 1. The first-order valence-corrected chi connectivity index (χ1v) is 9.96. The summed E-state index contributed by atoms with van der Waals surface area (Å²) in [4.78, 5) is 19.8. The van der Waals surface area contributed by atoms with Crippen molar-refractivity contribution in [1.82, 2.24) is 15.3 Å². The van der Waals surface area contributed by atoms with E-state index < -0.39 is 17.3 Å². The van der Waals surface area contributed by atoms with Crippen molar-refractivity contribution in [2.45, 2.75) is 43.9 Å². The Morgan fingerprint density at radius 1 is 1.13 bits per heavy atom. The predicted octanol–water partition coefficient (Wildman–Crippen LogP) is 4.61. The Balaban J connectivity index is 1.36. The first-order chi connectivity index (χ1) is 14.8. The number of aromatic amines is 1. The Morgan fingerprint density at radius 3 is 2.58 bits per heavy atom. The molecule has 2 aromatic heterocycles. The fourth-order valence-electron chi connectivity index (χ4n) is 4.01. The molecule has 6 nitrogen and oxygen atoms in total. The number of nitrogens with one attached hydrogen (secondary N) is 3. The molecule has 1 fully saturated rings. The van der Waals surface area contributed by atoms with Crippen molar-refractivity contribution < 1.29 is 18.0 Å². The fraction of sp³-hybridized carbons (Fsp3) is 0.318. The Morgan fingerprint density at radius 2 is 1.87 bits per heavy atom. The average molecular weight is 427 g/mol. The molecule has 160 valence electrons. The number of hydrogen-bond donors (Lipinski definition) is 3. The number of alkyl halides is 3. The zero-order valence-electron chi connectivity index (χ0n) is 16.5. The lowest BCUT2D eigenvalue weighted by molar-refractivity contribution is -0.137. The van der Waals surface area contributed by atoms with Crippen LogP contribution in [0, 0.1) is 11.3 Å². The Labute approximate surface area is 176 Å². The molecule has 3 N–H and O–H groups in total. The number of benzene rings is 1. The molecule has 0 aliphatic heterocycles. The van der Waals surface area contributed by atoms with E-state index in [1.54, 1.807) is 24.5 Å². The Bertz CT molecular complexity index is 1140. The van der Waals surface area contributed by atoms with Crippen molar-refractivity contribution in [2.24, 2.45) is 0 Å². The minimum Gasteiger partial charge on any atom is -0.382 e. The summed E-state index contributed by atoms with van der Waals surface area (Å²) in [6.07, 6.45) is 1.59. The maximum Gasteiger partial charge on any atom is 0.417 e. The van der Waals surface area contributed by atoms with Gasteiger partial charge in [-0.3, -0.25) is 4.79 Å². The second-order valence-electron chi connectivity index (χ2n) is 7.63. The van der Waals surface area contributed by atoms with Gasteiger partial charge in [0.1, 0.15) is 5.65 Å². The Hall–Kier alpha value is -3.54. The third-order valence-electron chi connectivity index (χ3n) is 5.58. The number of amides is 1. The lowest BCUT2D eigenvalue weighted by Gasteiger charge is -2.30. The van der Waals surface area contributed by atoms with E-state index in [0.29, 0.717) is 42.6 Å². The van der Waals surface area contributed by atoms with Gasteiger partial charge in [0.15, 0.2) is 0 Å². The number of nitrogens with zero attached hydrogens (tertiary/aromatic N) is 2. The third-order valence-corrected chi connectivity index (χ3v) is 5.58. The second-order valence-corrected chi connectivity index (χ2v) is 7.63. The molecule has 31 heavy (non-hydrogen) atoms. The van der Waals surface area contributed by atoms with Crippen LogP contribution in [0.1, 0.15) is 47.2 Å². The van der Waals surface area contributed by atoms with Crippen molar-refractivity contribution in [3.63, 3.8) is 0 Å². The quantitative estimate of drug-likeness (QED) is 0.567. The number of pyridine rings is 1. The molecular weight excluding hydrogens is 407 g/mol. The standard InChI is InChI=1S/C22H20F3N5O/c23-22(24,25)19-11-16(2-1-13(19)12-26)29-14-3-5-15(6-4-14)30-21(31)18-8-10-28-20-17(18)7-9-27-20/h1-2,7-11,14-15,29H,3-6H2,(H,27,28)(H,30,31). The van der Waals surface area contributed by atoms with E-state index in [1.165, 1.54) is 12.1 Å². The van der Waals surface area contributed by atoms with Crippen LogP contribution in [-0.4, -0.2) is 28.0 Å². The molecular formula is C22H20F3N5O. The summed E-state index contributed by atoms with van der Waals surface area (Å²) in [7, 11) is 0. The van der Waals surface area contributed by atoms with Gasteiger partial charge in [0.2, 0.25) is 0 Å². The van der Waals surface area contributed by atoms with Crippen molar-refractivity contribution >= 4 is 22.6 Å². The number of halogens is 3. The highest BCUT2D eigenvalue weighted by Crippen LogP contribution is 2.34. The van der Waals surface area contributed by atoms with Crippen LogP contribution >= 0.6 is 0 Å². The van der Waals surface area contributed by atoms with Gasteiger partial charge in [-0.25, -0.2) is 4.98 Å². The number of nitriles is 1. The molecule has 0 unspecified atom stereocenters. The number of rotatable bonds is 4. The Kier molecular flexibility index (Phi) is 5.55. The van der Waals surface area contributed by atoms with E-state index in [4.69, 9.17) is 5.26 Å². The van der Waals surface area contributed by atoms with Crippen LogP contribution in [0.15, 0.2) is 42.7 Å². The van der Waals surface area contributed by atoms with Gasteiger partial charge in [-0.1, -0.05) is 0 Å². The predicted molar refractivity (Wildman–Crippen MR) is 109 cm³/mol. The van der Waals surface area contributed by atoms with Gasteiger partial charge in [0.25, 0.3) is 5.91 Å². The van der Waals surface area contributed by atoms with Crippen LogP contribution in [0.4, 0.5) is 18.9 Å². The largest absolute Gasteiger partial charge is 0.417 e. The van der Waals surface area contributed by atoms with Crippen molar-refractivity contribution in [3.8, 4) is 6.07 Å². The van der Waals surface area contributed by atoms with E-state index >= 15 is 0 Å². The van der Waals surface area contributed by atoms with E-state index in [-0.39, 0.29) is 18.0 Å². The van der Waals surface area contributed by atoms with Crippen molar-refractivity contribution in [3.05, 3.63) is 59.4 Å². The average Bonchev–Trinajstić information content (AvgIpc) is 3.23. The molecule has 1 saturated carbocycles. The smallest absolute Gasteiger partial charge is 0.382 e. The van der Waals surface area contributed by atoms with Crippen LogP contribution in [0.2, 0.25) is 0 Å². The highest BCUT2D eigenvalue weighted by atomic mass is 19.4. The third kappa shape index (κ3) is 4.48. The molecule has 1 aromatic carbocycles. The van der Waals surface area contributed by atoms with E-state index in [2.05, 4.69) is 20.6 Å². The zero-order valence-corrected chi connectivity index (χ0v) is 16.5. The van der Waals surface area contributed by atoms with E-state index in [0.717, 1.165) is 11.5 Å². The van der Waals surface area contributed by atoms with E-state index in [1.807, 2.05) is 6.07 Å². The van der Waals surface area contributed by atoms with Crippen LogP contribution in [0.3, 0.4) is 0 Å². The molecule has 3 aromatic rings. The van der Waals surface area contributed by atoms with Gasteiger partial charge in [-0.2, -0.15) is 18.4 Å². The lowest BCUT2D eigenvalue weighted by Crippen LogP contribution is -2.40. The van der Waals surface area contributed by atoms with Crippen molar-refractivity contribution in [2.75, 3.05) is 5.32 Å². The van der Waals surface area contributed by atoms with Gasteiger partial charge in [-0.05, 0) is 56.0 Å². The van der Waals surface area contributed by atoms with Crippen LogP contribution in [-0.2, 0) is 6.18 Å². The summed E-state index contributed by atoms with van der Waals surface area (Å²) in [5, 5.41) is 15.9. The van der Waals surface area contributed by atoms with Gasteiger partial charge in [0, 0.05) is 35.6 Å². The first-order valence-electron chi connectivity index (χ1n) is 9.96. The number of carbonyl (C=O) groups is 1. The summed E-state index contributed by atoms with van der Waals surface area (Å²) >= 11 is 0. The molecule has 0 saturated heterocycles. The highest BCUT2D eigenvalue weighted by Gasteiger charge is 2.34.